The smallest absolute Gasteiger partial charge is 0.290 e. The van der Waals surface area contributed by atoms with Gasteiger partial charge in [-0.05, 0) is 13.3 Å². The molecule has 11 heavy (non-hydrogen) atoms. The third-order valence-electron chi connectivity index (χ3n) is 1.21. The molecule has 0 fully saturated rings. The highest BCUT2D eigenvalue weighted by molar-refractivity contribution is 6.20. The van der Waals surface area contributed by atoms with Crippen LogP contribution in [0.15, 0.2) is 0 Å². The molecule has 0 amide bonds. The van der Waals surface area contributed by atoms with Crippen molar-refractivity contribution < 1.29 is 9.90 Å². The molecule has 0 bridgehead atoms. The zero-order chi connectivity index (χ0) is 9.11. The van der Waals surface area contributed by atoms with E-state index in [0.29, 0.717) is 5.38 Å². The molecule has 0 spiro atoms. The minimum Gasteiger partial charge on any atom is -0.483 e. The van der Waals surface area contributed by atoms with E-state index in [1.807, 2.05) is 0 Å². The Morgan fingerprint density at radius 1 is 1.55 bits per heavy atom. The van der Waals surface area contributed by atoms with Crippen LogP contribution in [0.25, 0.3) is 0 Å². The van der Waals surface area contributed by atoms with Crippen molar-refractivity contribution in [3.8, 4) is 0 Å². The number of hydrogen-bond acceptors (Lipinski definition) is 1. The van der Waals surface area contributed by atoms with Crippen molar-refractivity contribution in [1.82, 2.24) is 0 Å². The summed E-state index contributed by atoms with van der Waals surface area (Å²) in [7, 11) is 0. The fraction of sp³-hybridized carbons (Fsp3) is 0.875. The minimum absolute atomic E-state index is 0.250. The molecule has 0 saturated carbocycles. The van der Waals surface area contributed by atoms with Crippen molar-refractivity contribution in [3.63, 3.8) is 0 Å². The zero-order valence-electron chi connectivity index (χ0n) is 7.22. The lowest BCUT2D eigenvalue weighted by Crippen LogP contribution is -1.88. The number of hydrogen-bond donors (Lipinski definition) is 1. The van der Waals surface area contributed by atoms with Gasteiger partial charge in [0.15, 0.2) is 0 Å². The molecule has 0 aromatic heterocycles. The summed E-state index contributed by atoms with van der Waals surface area (Å²) in [4.78, 5) is 8.36. The van der Waals surface area contributed by atoms with Crippen molar-refractivity contribution >= 4 is 18.1 Å². The van der Waals surface area contributed by atoms with E-state index in [0.717, 1.165) is 0 Å². The van der Waals surface area contributed by atoms with Gasteiger partial charge in [0.25, 0.3) is 6.47 Å². The van der Waals surface area contributed by atoms with Gasteiger partial charge in [-0.1, -0.05) is 26.2 Å². The van der Waals surface area contributed by atoms with Gasteiger partial charge in [-0.25, -0.2) is 0 Å². The molecule has 1 atom stereocenters. The van der Waals surface area contributed by atoms with E-state index in [9.17, 15) is 0 Å². The topological polar surface area (TPSA) is 37.3 Å². The van der Waals surface area contributed by atoms with Crippen molar-refractivity contribution in [1.29, 1.82) is 0 Å². The first kappa shape index (κ1) is 13.4. The summed E-state index contributed by atoms with van der Waals surface area (Å²) in [6, 6.07) is 0. The van der Waals surface area contributed by atoms with Crippen molar-refractivity contribution in [2.75, 3.05) is 0 Å². The van der Waals surface area contributed by atoms with Crippen LogP contribution in [0.4, 0.5) is 0 Å². The van der Waals surface area contributed by atoms with Crippen LogP contribution in [0, 0.1) is 0 Å². The summed E-state index contributed by atoms with van der Waals surface area (Å²) in [5.41, 5.74) is 0. The van der Waals surface area contributed by atoms with Crippen LogP contribution in [0.5, 0.6) is 0 Å². The van der Waals surface area contributed by atoms with Gasteiger partial charge in [0.2, 0.25) is 0 Å². The third-order valence-corrected chi connectivity index (χ3v) is 1.42. The Hall–Kier alpha value is -0.240. The predicted octanol–water partition coefficient (Wildman–Crippen LogP) is 2.89. The van der Waals surface area contributed by atoms with Crippen LogP contribution in [0.1, 0.15) is 39.5 Å². The molecule has 1 unspecified atom stereocenters. The first-order valence-electron chi connectivity index (χ1n) is 3.90. The maximum Gasteiger partial charge on any atom is 0.290 e. The summed E-state index contributed by atoms with van der Waals surface area (Å²) in [6.07, 6.45) is 5.09. The summed E-state index contributed by atoms with van der Waals surface area (Å²) in [6.45, 7) is 4.01. The molecule has 0 aliphatic rings. The fourth-order valence-corrected chi connectivity index (χ4v) is 0.830. The molecule has 3 heteroatoms. The van der Waals surface area contributed by atoms with Gasteiger partial charge in [-0.15, -0.1) is 11.6 Å². The maximum absolute atomic E-state index is 8.36. The number of unbranched alkanes of at least 4 members (excludes halogenated alkanes) is 2. The van der Waals surface area contributed by atoms with E-state index >= 15 is 0 Å². The first-order valence-corrected chi connectivity index (χ1v) is 4.34. The van der Waals surface area contributed by atoms with E-state index < -0.39 is 0 Å². The molecule has 68 valence electrons. The highest BCUT2D eigenvalue weighted by Gasteiger charge is 1.92. The highest BCUT2D eigenvalue weighted by Crippen LogP contribution is 2.06. The molecule has 0 rings (SSSR count). The van der Waals surface area contributed by atoms with Gasteiger partial charge in [0.05, 0.1) is 0 Å². The van der Waals surface area contributed by atoms with E-state index in [-0.39, 0.29) is 6.47 Å². The predicted molar refractivity (Wildman–Crippen MR) is 48.1 cm³/mol. The van der Waals surface area contributed by atoms with E-state index in [1.54, 1.807) is 0 Å². The molecule has 0 aliphatic carbocycles. The molecule has 0 aliphatic heterocycles. The minimum atomic E-state index is -0.250. The number of carboxylic acid groups (broad SMARTS) is 1. The molecule has 0 heterocycles. The van der Waals surface area contributed by atoms with E-state index in [2.05, 4.69) is 13.8 Å². The summed E-state index contributed by atoms with van der Waals surface area (Å²) in [5, 5.41) is 7.27. The first-order chi connectivity index (χ1) is 5.18. The largest absolute Gasteiger partial charge is 0.483 e. The number of rotatable bonds is 4. The highest BCUT2D eigenvalue weighted by atomic mass is 35.5. The Labute approximate surface area is 73.6 Å². The number of halogens is 1. The Balaban J connectivity index is 0. The third kappa shape index (κ3) is 25.9. The van der Waals surface area contributed by atoms with Crippen molar-refractivity contribution in [2.45, 2.75) is 44.9 Å². The molecule has 0 radical (unpaired) electrons. The van der Waals surface area contributed by atoms with E-state index in [1.165, 1.54) is 25.7 Å². The lowest BCUT2D eigenvalue weighted by atomic mass is 10.2. The standard InChI is InChI=1S/C7H15Cl.CH2O2/c1-3-4-5-6-7(2)8;2-1-3/h7H,3-6H2,1-2H3;1H,(H,2,3). The van der Waals surface area contributed by atoms with Crippen LogP contribution in [0.2, 0.25) is 0 Å². The Morgan fingerprint density at radius 3 is 2.27 bits per heavy atom. The zero-order valence-corrected chi connectivity index (χ0v) is 7.97. The lowest BCUT2D eigenvalue weighted by Gasteiger charge is -1.98. The van der Waals surface area contributed by atoms with Crippen LogP contribution < -0.4 is 0 Å². The SMILES string of the molecule is CCCCCC(C)Cl.O=CO. The van der Waals surface area contributed by atoms with Crippen LogP contribution in [-0.2, 0) is 4.79 Å². The second kappa shape index (κ2) is 12.4. The molecule has 0 saturated heterocycles. The number of alkyl halides is 1. The summed E-state index contributed by atoms with van der Waals surface area (Å²) >= 11 is 5.71. The molecular weight excluding hydrogens is 164 g/mol. The van der Waals surface area contributed by atoms with Gasteiger partial charge in [0.1, 0.15) is 0 Å². The van der Waals surface area contributed by atoms with Crippen LogP contribution >= 0.6 is 11.6 Å². The molecule has 0 aromatic carbocycles. The lowest BCUT2D eigenvalue weighted by molar-refractivity contribution is -0.122. The average Bonchev–Trinajstić information content (AvgIpc) is 1.89. The Bertz CT molecular complexity index is 74.5. The van der Waals surface area contributed by atoms with Crippen LogP contribution in [-0.4, -0.2) is 17.0 Å². The molecule has 0 aromatic rings. The van der Waals surface area contributed by atoms with Gasteiger partial charge < -0.3 is 5.11 Å². The Morgan fingerprint density at radius 2 is 2.00 bits per heavy atom. The van der Waals surface area contributed by atoms with Gasteiger partial charge in [-0.3, -0.25) is 4.79 Å². The second-order valence-corrected chi connectivity index (χ2v) is 3.13. The quantitative estimate of drug-likeness (QED) is 0.411. The normalized spacial score (nSPS) is 11.2. The maximum atomic E-state index is 8.36. The summed E-state index contributed by atoms with van der Waals surface area (Å²) in [5.74, 6) is 0. The summed E-state index contributed by atoms with van der Waals surface area (Å²) < 4.78 is 0. The van der Waals surface area contributed by atoms with Crippen molar-refractivity contribution in [2.24, 2.45) is 0 Å². The second-order valence-electron chi connectivity index (χ2n) is 2.38. The van der Waals surface area contributed by atoms with Gasteiger partial charge in [0, 0.05) is 5.38 Å². The van der Waals surface area contributed by atoms with E-state index in [4.69, 9.17) is 21.5 Å². The van der Waals surface area contributed by atoms with Gasteiger partial charge in [-0.2, -0.15) is 0 Å². The van der Waals surface area contributed by atoms with Crippen molar-refractivity contribution in [3.05, 3.63) is 0 Å². The fourth-order valence-electron chi connectivity index (χ4n) is 0.676. The monoisotopic (exact) mass is 180 g/mol. The molecule has 1 N–H and O–H groups in total. The van der Waals surface area contributed by atoms with Crippen LogP contribution in [0.3, 0.4) is 0 Å². The molecule has 2 nitrogen and oxygen atoms in total. The van der Waals surface area contributed by atoms with Gasteiger partial charge >= 0.3 is 0 Å². The average molecular weight is 181 g/mol. The molecular formula is C8H17ClO2. The Kier molecular flexibility index (Phi) is 15.1. The number of carbonyl (C=O) groups is 1.